The minimum absolute atomic E-state index is 0.115. The molecule has 0 aliphatic rings. The second kappa shape index (κ2) is 10.6. The van der Waals surface area contributed by atoms with Gasteiger partial charge in [0.05, 0.1) is 0 Å². The summed E-state index contributed by atoms with van der Waals surface area (Å²) in [6, 6.07) is 0. The predicted octanol–water partition coefficient (Wildman–Crippen LogP) is 0.982. The van der Waals surface area contributed by atoms with Gasteiger partial charge in [-0.25, -0.2) is 9.59 Å². The molecule has 2 amide bonds. The molecule has 0 unspecified atom stereocenters. The summed E-state index contributed by atoms with van der Waals surface area (Å²) in [6.45, 7) is 5.97. The first-order valence-electron chi connectivity index (χ1n) is 5.76. The molecule has 18 heavy (non-hydrogen) atoms. The number of aliphatic hydroxyl groups excluding tert-OH is 1. The Morgan fingerprint density at radius 3 is 1.67 bits per heavy atom. The monoisotopic (exact) mass is 264 g/mol. The van der Waals surface area contributed by atoms with Crippen LogP contribution in [-0.2, 0) is 9.47 Å². The maximum absolute atomic E-state index is 10.5. The van der Waals surface area contributed by atoms with E-state index in [1.165, 1.54) is 0 Å². The van der Waals surface area contributed by atoms with Crippen molar-refractivity contribution in [3.05, 3.63) is 0 Å². The number of nitrogens with two attached hydrogens (primary N) is 2. The van der Waals surface area contributed by atoms with Gasteiger partial charge in [-0.3, -0.25) is 0 Å². The maximum Gasteiger partial charge on any atom is 0.404 e. The molecule has 0 aliphatic carbocycles. The Labute approximate surface area is 107 Å². The van der Waals surface area contributed by atoms with Crippen molar-refractivity contribution in [3.63, 3.8) is 0 Å². The van der Waals surface area contributed by atoms with E-state index < -0.39 is 17.6 Å². The average molecular weight is 264 g/mol. The summed E-state index contributed by atoms with van der Waals surface area (Å²) in [5, 5.41) is 7.57. The topological polar surface area (TPSA) is 125 Å². The number of hydrogen-bond donors (Lipinski definition) is 3. The molecule has 0 aliphatic heterocycles. The predicted molar refractivity (Wildman–Crippen MR) is 66.8 cm³/mol. The van der Waals surface area contributed by atoms with Crippen LogP contribution in [0.25, 0.3) is 0 Å². The van der Waals surface area contributed by atoms with Crippen molar-refractivity contribution in [2.45, 2.75) is 33.6 Å². The van der Waals surface area contributed by atoms with Crippen molar-refractivity contribution in [2.24, 2.45) is 16.9 Å². The normalized spacial score (nSPS) is 10.0. The Morgan fingerprint density at radius 1 is 1.11 bits per heavy atom. The Balaban J connectivity index is 0. The zero-order valence-corrected chi connectivity index (χ0v) is 11.3. The lowest BCUT2D eigenvalue weighted by atomic mass is 9.87. The summed E-state index contributed by atoms with van der Waals surface area (Å²) in [4.78, 5) is 20.9. The number of primary amides is 2. The number of amides is 2. The minimum Gasteiger partial charge on any atom is -0.449 e. The Morgan fingerprint density at radius 2 is 1.44 bits per heavy atom. The van der Waals surface area contributed by atoms with E-state index in [0.29, 0.717) is 0 Å². The summed E-state index contributed by atoms with van der Waals surface area (Å²) < 4.78 is 9.40. The van der Waals surface area contributed by atoms with Gasteiger partial charge >= 0.3 is 12.2 Å². The zero-order valence-electron chi connectivity index (χ0n) is 11.3. The van der Waals surface area contributed by atoms with E-state index in [1.54, 1.807) is 6.92 Å². The van der Waals surface area contributed by atoms with Gasteiger partial charge in [0.1, 0.15) is 13.2 Å². The third-order valence-electron chi connectivity index (χ3n) is 1.98. The summed E-state index contributed by atoms with van der Waals surface area (Å²) in [5.74, 6) is 0. The fraction of sp³-hybridized carbons (Fsp3) is 0.818. The highest BCUT2D eigenvalue weighted by atomic mass is 16.6. The van der Waals surface area contributed by atoms with Crippen molar-refractivity contribution >= 4 is 12.2 Å². The summed E-state index contributed by atoms with van der Waals surface area (Å²) in [6.07, 6.45) is -0.0540. The lowest BCUT2D eigenvalue weighted by molar-refractivity contribution is 0.0367. The van der Waals surface area contributed by atoms with Crippen LogP contribution in [0.15, 0.2) is 0 Å². The number of ether oxygens (including phenoxy) is 2. The van der Waals surface area contributed by atoms with Crippen molar-refractivity contribution in [3.8, 4) is 0 Å². The van der Waals surface area contributed by atoms with Crippen LogP contribution in [0.5, 0.6) is 0 Å². The highest BCUT2D eigenvalue weighted by molar-refractivity contribution is 5.65. The van der Waals surface area contributed by atoms with Gasteiger partial charge in [-0.05, 0) is 13.3 Å². The van der Waals surface area contributed by atoms with Crippen LogP contribution in [0.3, 0.4) is 0 Å². The van der Waals surface area contributed by atoms with Crippen LogP contribution in [0.4, 0.5) is 9.59 Å². The first-order valence-corrected chi connectivity index (χ1v) is 5.76. The molecule has 0 saturated carbocycles. The number of rotatable bonds is 6. The van der Waals surface area contributed by atoms with Crippen LogP contribution in [0.1, 0.15) is 33.6 Å². The van der Waals surface area contributed by atoms with Crippen LogP contribution >= 0.6 is 0 Å². The largest absolute Gasteiger partial charge is 0.449 e. The Bertz CT molecular complexity index is 228. The first kappa shape index (κ1) is 18.9. The van der Waals surface area contributed by atoms with Gasteiger partial charge in [0.15, 0.2) is 0 Å². The highest BCUT2D eigenvalue weighted by Crippen LogP contribution is 2.24. The second-order valence-corrected chi connectivity index (χ2v) is 4.09. The van der Waals surface area contributed by atoms with E-state index in [9.17, 15) is 9.59 Å². The van der Waals surface area contributed by atoms with Crippen molar-refractivity contribution in [1.82, 2.24) is 0 Å². The molecule has 0 fully saturated rings. The average Bonchev–Trinajstić information content (AvgIpc) is 2.26. The lowest BCUT2D eigenvalue weighted by Gasteiger charge is -2.27. The lowest BCUT2D eigenvalue weighted by Crippen LogP contribution is -2.33. The number of aliphatic hydroxyl groups is 1. The molecule has 0 heterocycles. The number of carbonyl (C=O) groups is 2. The molecule has 0 spiro atoms. The minimum atomic E-state index is -0.837. The molecular formula is C11H24N2O5. The summed E-state index contributed by atoms with van der Waals surface area (Å²) in [7, 11) is 0. The summed E-state index contributed by atoms with van der Waals surface area (Å²) in [5.41, 5.74) is 9.28. The molecule has 7 nitrogen and oxygen atoms in total. The van der Waals surface area contributed by atoms with Gasteiger partial charge in [0.25, 0.3) is 0 Å². The van der Waals surface area contributed by atoms with Crippen molar-refractivity contribution in [1.29, 1.82) is 0 Å². The molecule has 0 rings (SSSR count). The fourth-order valence-corrected chi connectivity index (χ4v) is 1.28. The van der Waals surface area contributed by atoms with E-state index in [0.717, 1.165) is 12.8 Å². The van der Waals surface area contributed by atoms with Crippen molar-refractivity contribution < 1.29 is 24.2 Å². The molecular weight excluding hydrogens is 240 g/mol. The molecule has 108 valence electrons. The van der Waals surface area contributed by atoms with Gasteiger partial charge in [-0.15, -0.1) is 0 Å². The third kappa shape index (κ3) is 12.6. The maximum atomic E-state index is 10.5. The van der Waals surface area contributed by atoms with Crippen LogP contribution in [0, 0.1) is 5.41 Å². The molecule has 0 saturated heterocycles. The quantitative estimate of drug-likeness (QED) is 0.659. The van der Waals surface area contributed by atoms with E-state index in [2.05, 4.69) is 0 Å². The Kier molecular flexibility index (Phi) is 11.1. The molecule has 0 atom stereocenters. The summed E-state index contributed by atoms with van der Waals surface area (Å²) >= 11 is 0. The van der Waals surface area contributed by atoms with Gasteiger partial charge in [-0.1, -0.05) is 20.3 Å². The molecule has 5 N–H and O–H groups in total. The van der Waals surface area contributed by atoms with Crippen molar-refractivity contribution in [2.75, 3.05) is 19.8 Å². The first-order chi connectivity index (χ1) is 8.31. The molecule has 0 bridgehead atoms. The second-order valence-electron chi connectivity index (χ2n) is 4.09. The van der Waals surface area contributed by atoms with Crippen LogP contribution in [0.2, 0.25) is 0 Å². The number of hydrogen-bond acceptors (Lipinski definition) is 5. The van der Waals surface area contributed by atoms with Gasteiger partial charge < -0.3 is 26.0 Å². The van der Waals surface area contributed by atoms with E-state index in [1.807, 2.05) is 13.8 Å². The SMILES string of the molecule is CCCC(C)(COC(N)=O)COC(N)=O.CCO. The van der Waals surface area contributed by atoms with Gasteiger partial charge in [0.2, 0.25) is 0 Å². The molecule has 0 radical (unpaired) electrons. The zero-order chi connectivity index (χ0) is 14.6. The molecule has 0 aromatic heterocycles. The van der Waals surface area contributed by atoms with E-state index in [4.69, 9.17) is 26.0 Å². The Hall–Kier alpha value is -1.50. The number of carbonyl (C=O) groups excluding carboxylic acids is 2. The van der Waals surface area contributed by atoms with Gasteiger partial charge in [0, 0.05) is 12.0 Å². The van der Waals surface area contributed by atoms with Crippen LogP contribution < -0.4 is 11.5 Å². The van der Waals surface area contributed by atoms with Crippen LogP contribution in [-0.4, -0.2) is 37.1 Å². The van der Waals surface area contributed by atoms with E-state index >= 15 is 0 Å². The third-order valence-corrected chi connectivity index (χ3v) is 1.98. The van der Waals surface area contributed by atoms with Gasteiger partial charge in [-0.2, -0.15) is 0 Å². The molecule has 0 aromatic rings. The smallest absolute Gasteiger partial charge is 0.404 e. The highest BCUT2D eigenvalue weighted by Gasteiger charge is 2.26. The molecule has 7 heteroatoms. The fourth-order valence-electron chi connectivity index (χ4n) is 1.28. The molecule has 0 aromatic carbocycles. The van der Waals surface area contributed by atoms with E-state index in [-0.39, 0.29) is 19.8 Å². The standard InChI is InChI=1S/C9H18N2O4.C2H6O/c1-3-4-9(2,5-14-7(10)12)6-15-8(11)13;1-2-3/h3-6H2,1-2H3,(H2,10,12)(H2,11,13);3H,2H2,1H3.